The van der Waals surface area contributed by atoms with E-state index in [9.17, 15) is 0 Å². The van der Waals surface area contributed by atoms with Crippen molar-refractivity contribution in [3.63, 3.8) is 0 Å². The summed E-state index contributed by atoms with van der Waals surface area (Å²) in [6, 6.07) is 0. The number of hydrogen-bond acceptors (Lipinski definition) is 2. The molecule has 0 aliphatic carbocycles. The largest absolute Gasteiger partial charge is 0.382 e. The van der Waals surface area contributed by atoms with Gasteiger partial charge in [-0.25, -0.2) is 0 Å². The molecule has 0 aliphatic rings. The van der Waals surface area contributed by atoms with E-state index in [2.05, 4.69) is 6.58 Å². The predicted octanol–water partition coefficient (Wildman–Crippen LogP) is 1.83. The molecule has 0 fully saturated rings. The molecule has 2 nitrogen and oxygen atoms in total. The smallest absolute Gasteiger partial charge is 0.0784 e. The summed E-state index contributed by atoms with van der Waals surface area (Å²) in [5.41, 5.74) is 0.898. The van der Waals surface area contributed by atoms with Crippen molar-refractivity contribution in [2.75, 3.05) is 26.2 Å². The minimum Gasteiger partial charge on any atom is -0.382 e. The molecule has 1 atom stereocenters. The minimum atomic E-state index is 0.111. The topological polar surface area (TPSA) is 18.5 Å². The Morgan fingerprint density at radius 1 is 1.64 bits per heavy atom. The van der Waals surface area contributed by atoms with Gasteiger partial charge in [-0.15, -0.1) is 11.6 Å². The number of methoxy groups -OCH3 is 1. The Morgan fingerprint density at radius 2 is 2.27 bits per heavy atom. The van der Waals surface area contributed by atoms with Gasteiger partial charge in [-0.3, -0.25) is 0 Å². The van der Waals surface area contributed by atoms with E-state index < -0.39 is 0 Å². The molecule has 0 aliphatic heterocycles. The Hall–Kier alpha value is -0.0500. The fourth-order valence-corrected chi connectivity index (χ4v) is 0.659. The van der Waals surface area contributed by atoms with Gasteiger partial charge >= 0.3 is 0 Å². The molecule has 1 unspecified atom stereocenters. The Kier molecular flexibility index (Phi) is 6.62. The highest BCUT2D eigenvalue weighted by atomic mass is 35.5. The van der Waals surface area contributed by atoms with Crippen LogP contribution in [0.5, 0.6) is 0 Å². The lowest BCUT2D eigenvalue weighted by Crippen LogP contribution is -2.16. The van der Waals surface area contributed by atoms with Gasteiger partial charge in [0, 0.05) is 13.0 Å². The molecular formula is C8H15ClO2. The molecule has 0 radical (unpaired) electrons. The fourth-order valence-electron chi connectivity index (χ4n) is 0.582. The van der Waals surface area contributed by atoms with Crippen molar-refractivity contribution in [1.29, 1.82) is 0 Å². The standard InChI is InChI=1S/C8H15ClO2/c1-7(4-9)5-11-8(2)6-10-3/h8H,1,4-6H2,2-3H3. The monoisotopic (exact) mass is 178 g/mol. The first-order valence-corrected chi connectivity index (χ1v) is 4.07. The van der Waals surface area contributed by atoms with Crippen molar-refractivity contribution in [2.24, 2.45) is 0 Å². The van der Waals surface area contributed by atoms with Crippen molar-refractivity contribution >= 4 is 11.6 Å². The van der Waals surface area contributed by atoms with Crippen molar-refractivity contribution in [3.8, 4) is 0 Å². The Bertz CT molecular complexity index is 115. The van der Waals surface area contributed by atoms with Crippen LogP contribution in [-0.2, 0) is 9.47 Å². The van der Waals surface area contributed by atoms with Gasteiger partial charge in [0.2, 0.25) is 0 Å². The van der Waals surface area contributed by atoms with Crippen molar-refractivity contribution in [3.05, 3.63) is 12.2 Å². The SMILES string of the molecule is C=C(CCl)COC(C)COC. The first-order valence-electron chi connectivity index (χ1n) is 3.53. The van der Waals surface area contributed by atoms with Crippen molar-refractivity contribution in [2.45, 2.75) is 13.0 Å². The van der Waals surface area contributed by atoms with E-state index >= 15 is 0 Å². The molecule has 0 bridgehead atoms. The molecule has 0 saturated carbocycles. The van der Waals surface area contributed by atoms with Crippen molar-refractivity contribution < 1.29 is 9.47 Å². The molecule has 0 amide bonds. The zero-order valence-electron chi connectivity index (χ0n) is 7.10. The summed E-state index contributed by atoms with van der Waals surface area (Å²) in [7, 11) is 1.65. The highest BCUT2D eigenvalue weighted by Crippen LogP contribution is 1.98. The molecule has 3 heteroatoms. The van der Waals surface area contributed by atoms with E-state index in [-0.39, 0.29) is 6.10 Å². The van der Waals surface area contributed by atoms with Crippen LogP contribution in [0.15, 0.2) is 12.2 Å². The average Bonchev–Trinajstić information content (AvgIpc) is 2.01. The lowest BCUT2D eigenvalue weighted by atomic mass is 10.3. The summed E-state index contributed by atoms with van der Waals surface area (Å²) in [6.45, 7) is 6.79. The first kappa shape index (κ1) is 11.0. The molecule has 0 aromatic carbocycles. The maximum Gasteiger partial charge on any atom is 0.0784 e. The van der Waals surface area contributed by atoms with Crippen LogP contribution in [0.4, 0.5) is 0 Å². The van der Waals surface area contributed by atoms with Gasteiger partial charge in [-0.05, 0) is 12.5 Å². The van der Waals surface area contributed by atoms with Crippen LogP contribution >= 0.6 is 11.6 Å². The Balaban J connectivity index is 3.29. The van der Waals surface area contributed by atoms with Gasteiger partial charge in [-0.2, -0.15) is 0 Å². The summed E-state index contributed by atoms with van der Waals surface area (Å²) in [5.74, 6) is 0.458. The summed E-state index contributed by atoms with van der Waals surface area (Å²) >= 11 is 5.50. The third-order valence-electron chi connectivity index (χ3n) is 1.16. The van der Waals surface area contributed by atoms with Gasteiger partial charge in [0.15, 0.2) is 0 Å². The maximum absolute atomic E-state index is 5.50. The molecule has 0 rings (SSSR count). The van der Waals surface area contributed by atoms with Gasteiger partial charge in [-0.1, -0.05) is 6.58 Å². The van der Waals surface area contributed by atoms with E-state index in [1.54, 1.807) is 7.11 Å². The summed E-state index contributed by atoms with van der Waals surface area (Å²) in [6.07, 6.45) is 0.111. The van der Waals surface area contributed by atoms with E-state index in [0.717, 1.165) is 5.57 Å². The molecule has 11 heavy (non-hydrogen) atoms. The van der Waals surface area contributed by atoms with Gasteiger partial charge < -0.3 is 9.47 Å². The maximum atomic E-state index is 5.50. The molecule has 0 aromatic heterocycles. The minimum absolute atomic E-state index is 0.111. The third kappa shape index (κ3) is 6.35. The van der Waals surface area contributed by atoms with Crippen LogP contribution in [0.1, 0.15) is 6.92 Å². The molecule has 66 valence electrons. The summed E-state index contributed by atoms with van der Waals surface area (Å²) in [5, 5.41) is 0. The van der Waals surface area contributed by atoms with Crippen LogP contribution in [0, 0.1) is 0 Å². The van der Waals surface area contributed by atoms with Gasteiger partial charge in [0.1, 0.15) is 0 Å². The normalized spacial score (nSPS) is 13.0. The quantitative estimate of drug-likeness (QED) is 0.457. The lowest BCUT2D eigenvalue weighted by Gasteiger charge is -2.11. The number of ether oxygens (including phenoxy) is 2. The van der Waals surface area contributed by atoms with E-state index in [4.69, 9.17) is 21.1 Å². The zero-order valence-corrected chi connectivity index (χ0v) is 7.86. The summed E-state index contributed by atoms with van der Waals surface area (Å²) < 4.78 is 10.2. The average molecular weight is 179 g/mol. The molecule has 0 N–H and O–H groups in total. The second-order valence-corrected chi connectivity index (χ2v) is 2.73. The van der Waals surface area contributed by atoms with E-state index in [0.29, 0.717) is 19.1 Å². The van der Waals surface area contributed by atoms with Gasteiger partial charge in [0.25, 0.3) is 0 Å². The van der Waals surface area contributed by atoms with Crippen LogP contribution in [0.3, 0.4) is 0 Å². The van der Waals surface area contributed by atoms with Crippen LogP contribution in [-0.4, -0.2) is 32.3 Å². The van der Waals surface area contributed by atoms with Crippen LogP contribution in [0.2, 0.25) is 0 Å². The van der Waals surface area contributed by atoms with E-state index in [1.165, 1.54) is 0 Å². The van der Waals surface area contributed by atoms with Crippen molar-refractivity contribution in [1.82, 2.24) is 0 Å². The third-order valence-corrected chi connectivity index (χ3v) is 1.54. The highest BCUT2D eigenvalue weighted by molar-refractivity contribution is 6.19. The molecule has 0 saturated heterocycles. The second kappa shape index (κ2) is 6.65. The molecular weight excluding hydrogens is 164 g/mol. The van der Waals surface area contributed by atoms with Gasteiger partial charge in [0.05, 0.1) is 19.3 Å². The summed E-state index contributed by atoms with van der Waals surface area (Å²) in [4.78, 5) is 0. The number of hydrogen-bond donors (Lipinski definition) is 0. The van der Waals surface area contributed by atoms with Crippen LogP contribution in [0.25, 0.3) is 0 Å². The molecule has 0 heterocycles. The van der Waals surface area contributed by atoms with E-state index in [1.807, 2.05) is 6.92 Å². The Labute approximate surface area is 73.1 Å². The second-order valence-electron chi connectivity index (χ2n) is 2.46. The molecule has 0 spiro atoms. The molecule has 0 aromatic rings. The zero-order chi connectivity index (χ0) is 8.69. The predicted molar refractivity (Wildman–Crippen MR) is 47.2 cm³/mol. The fraction of sp³-hybridized carbons (Fsp3) is 0.750. The Morgan fingerprint density at radius 3 is 2.73 bits per heavy atom. The van der Waals surface area contributed by atoms with Crippen LogP contribution < -0.4 is 0 Å². The first-order chi connectivity index (χ1) is 5.20. The highest BCUT2D eigenvalue weighted by Gasteiger charge is 2.00. The lowest BCUT2D eigenvalue weighted by molar-refractivity contribution is 0.0201. The number of halogens is 1. The number of alkyl halides is 1. The number of rotatable bonds is 6.